The number of hydrogen-bond donors (Lipinski definition) is 0. The van der Waals surface area contributed by atoms with Gasteiger partial charge in [-0.15, -0.1) is 46.2 Å². The highest BCUT2D eigenvalue weighted by Gasteiger charge is 2.40. The van der Waals surface area contributed by atoms with Crippen LogP contribution in [0.25, 0.3) is 55.3 Å². The van der Waals surface area contributed by atoms with Gasteiger partial charge in [-0.3, -0.25) is 9.59 Å². The van der Waals surface area contributed by atoms with Gasteiger partial charge < -0.3 is 0 Å². The molecule has 5 aliphatic carbocycles. The van der Waals surface area contributed by atoms with Gasteiger partial charge in [-0.2, -0.15) is 21.0 Å². The molecular formula is C95H86F4N4O2S6. The normalized spacial score (nSPS) is 16.1. The molecule has 13 rings (SSSR count). The highest BCUT2D eigenvalue weighted by Crippen LogP contribution is 2.62. The lowest BCUT2D eigenvalue weighted by Crippen LogP contribution is -2.15. The van der Waals surface area contributed by atoms with Crippen LogP contribution in [0.3, 0.4) is 0 Å². The first-order valence-electron chi connectivity index (χ1n) is 38.8. The van der Waals surface area contributed by atoms with Gasteiger partial charge in [0, 0.05) is 112 Å². The Morgan fingerprint density at radius 3 is 1.22 bits per heavy atom. The number of unbranched alkanes of at least 4 members (excludes halogenated alkanes) is 12. The van der Waals surface area contributed by atoms with Gasteiger partial charge in [0.25, 0.3) is 0 Å². The number of thioether (sulfide) groups is 4. The van der Waals surface area contributed by atoms with Crippen molar-refractivity contribution >= 4 is 116 Å². The molecule has 2 aromatic heterocycles. The van der Waals surface area contributed by atoms with Crippen molar-refractivity contribution in [2.75, 3.05) is 5.75 Å². The molecule has 0 amide bonds. The van der Waals surface area contributed by atoms with E-state index in [4.69, 9.17) is 0 Å². The number of ketones is 2. The first-order valence-corrected chi connectivity index (χ1v) is 44.1. The number of nitriles is 4. The summed E-state index contributed by atoms with van der Waals surface area (Å²) < 4.78 is 63.0. The number of thiophene rings is 2. The van der Waals surface area contributed by atoms with Crippen molar-refractivity contribution in [1.29, 1.82) is 21.0 Å². The van der Waals surface area contributed by atoms with E-state index >= 15 is 17.6 Å². The van der Waals surface area contributed by atoms with E-state index in [9.17, 15) is 30.6 Å². The second-order valence-corrected chi connectivity index (χ2v) is 36.3. The average molecular weight is 1580 g/mol. The molecule has 562 valence electrons. The van der Waals surface area contributed by atoms with Crippen molar-refractivity contribution in [2.24, 2.45) is 5.41 Å². The number of halogens is 4. The number of nitrogens with zero attached hydrogens (tertiary/aromatic N) is 4. The molecule has 0 saturated heterocycles. The van der Waals surface area contributed by atoms with Crippen LogP contribution in [0.5, 0.6) is 0 Å². The molecule has 0 aliphatic heterocycles. The summed E-state index contributed by atoms with van der Waals surface area (Å²) in [6.45, 7) is 11.3. The van der Waals surface area contributed by atoms with E-state index < -0.39 is 46.0 Å². The lowest BCUT2D eigenvalue weighted by molar-refractivity contribution is 0.103. The summed E-state index contributed by atoms with van der Waals surface area (Å²) in [4.78, 5) is 34.5. The van der Waals surface area contributed by atoms with Crippen molar-refractivity contribution in [3.63, 3.8) is 0 Å². The predicted octanol–water partition coefficient (Wildman–Crippen LogP) is 28.4. The van der Waals surface area contributed by atoms with E-state index in [1.54, 1.807) is 59.2 Å². The molecule has 6 aromatic carbocycles. The second-order valence-electron chi connectivity index (χ2n) is 29.5. The Labute approximate surface area is 675 Å². The summed E-state index contributed by atoms with van der Waals surface area (Å²) in [5, 5.41) is 41.8. The van der Waals surface area contributed by atoms with E-state index in [0.717, 1.165) is 179 Å². The van der Waals surface area contributed by atoms with E-state index in [1.807, 2.05) is 30.3 Å². The fraction of sp³-hybridized carbons (Fsp3) is 0.305. The van der Waals surface area contributed by atoms with Crippen LogP contribution in [-0.4, -0.2) is 17.3 Å². The number of Topliss-reactive ketones (excluding diaryl/α,β-unsaturated/α-hetero) is 2. The zero-order chi connectivity index (χ0) is 77.9. The van der Waals surface area contributed by atoms with Gasteiger partial charge in [0.05, 0.1) is 4.24 Å². The van der Waals surface area contributed by atoms with Gasteiger partial charge in [0.2, 0.25) is 0 Å². The average Bonchev–Trinajstić information content (AvgIpc) is 1.55. The van der Waals surface area contributed by atoms with Crippen molar-refractivity contribution in [2.45, 2.75) is 185 Å². The number of hydrogen-bond acceptors (Lipinski definition) is 12. The highest BCUT2D eigenvalue weighted by atomic mass is 32.2. The summed E-state index contributed by atoms with van der Waals surface area (Å²) in [5.74, 6) is -4.85. The van der Waals surface area contributed by atoms with Gasteiger partial charge in [-0.05, 0) is 192 Å². The van der Waals surface area contributed by atoms with Gasteiger partial charge >= 0.3 is 0 Å². The molecule has 0 fully saturated rings. The minimum atomic E-state index is -1.23. The van der Waals surface area contributed by atoms with E-state index in [2.05, 4.69) is 144 Å². The predicted molar refractivity (Wildman–Crippen MR) is 456 cm³/mol. The fourth-order valence-corrected chi connectivity index (χ4v) is 22.4. The zero-order valence-electron chi connectivity index (χ0n) is 63.3. The van der Waals surface area contributed by atoms with Gasteiger partial charge in [-0.1, -0.05) is 208 Å². The summed E-state index contributed by atoms with van der Waals surface area (Å²) in [5.41, 5.74) is 12.3. The Balaban J connectivity index is 1.04. The first kappa shape index (κ1) is 80.1. The molecule has 5 aliphatic rings. The van der Waals surface area contributed by atoms with E-state index in [-0.39, 0.29) is 50.0 Å². The quantitative estimate of drug-likeness (QED) is 0.0132. The van der Waals surface area contributed by atoms with Crippen LogP contribution in [0.1, 0.15) is 236 Å². The molecule has 2 heterocycles. The molecule has 6 nitrogen and oxygen atoms in total. The summed E-state index contributed by atoms with van der Waals surface area (Å²) in [7, 11) is 0. The Hall–Kier alpha value is -8.94. The van der Waals surface area contributed by atoms with E-state index in [0.29, 0.717) is 21.3 Å². The third kappa shape index (κ3) is 17.8. The summed E-state index contributed by atoms with van der Waals surface area (Å²) >= 11 is 9.80. The molecule has 8 aromatic rings. The van der Waals surface area contributed by atoms with Crippen molar-refractivity contribution in [3.8, 4) is 45.2 Å². The number of allylic oxidation sites excluding steroid dienone is 9. The Morgan fingerprint density at radius 2 is 0.811 bits per heavy atom. The number of carbonyl (C=O) groups excluding carboxylic acids is 2. The van der Waals surface area contributed by atoms with Crippen molar-refractivity contribution < 1.29 is 27.2 Å². The molecule has 1 atom stereocenters. The monoisotopic (exact) mass is 1580 g/mol. The van der Waals surface area contributed by atoms with E-state index in [1.165, 1.54) is 103 Å². The molecular weight excluding hydrogens is 1500 g/mol. The van der Waals surface area contributed by atoms with Crippen LogP contribution in [0, 0.1) is 74.0 Å². The SMILES string of the molecule is CCCCCCc1ccc(CS/C(SCC2=CCC(C)(CCCCCC)C=C2)=C2\c3cc4c(cc3-c3sc(/C=C5\C(=O)c6cc(F)c(F)cc6C5=C(C#N)C#N)cc32)C(=C(Sc2ccc(CCCCCC)cc2)Sc2ccc(CCCCCC)cc2)c2cc(/C=C3\C(=O)c5cc(F)c(F)cc5C3=C(C#N)C#N)sc2-4)cc1. The maximum atomic E-state index is 15.3. The third-order valence-corrected chi connectivity index (χ3v) is 28.6. The molecule has 16 heteroatoms. The minimum absolute atomic E-state index is 0.0198. The second kappa shape index (κ2) is 36.7. The molecule has 0 radical (unpaired) electrons. The van der Waals surface area contributed by atoms with Crippen LogP contribution >= 0.6 is 69.7 Å². The Bertz CT molecular complexity index is 5330. The van der Waals surface area contributed by atoms with Crippen LogP contribution in [0.4, 0.5) is 17.6 Å². The summed E-state index contributed by atoms with van der Waals surface area (Å²) in [6, 6.07) is 46.5. The topological polar surface area (TPSA) is 129 Å². The molecule has 0 saturated carbocycles. The van der Waals surface area contributed by atoms with Crippen molar-refractivity contribution in [1.82, 2.24) is 0 Å². The first-order chi connectivity index (χ1) is 54.0. The van der Waals surface area contributed by atoms with Gasteiger partial charge in [-0.25, -0.2) is 17.6 Å². The number of benzene rings is 6. The molecule has 111 heavy (non-hydrogen) atoms. The standard InChI is InChI=1S/C95H86F4N4O2S6/c1-6-10-14-18-22-58-25-27-61(28-26-58)56-106-93(107-57-62-37-40-95(5,41-38-62)39-21-17-13-9-4)87-69-46-76-70(47-75(69)91-79(87)44-67(108-91)42-77-85(63(52-100)53-101)71-48-81(96)83(98)50-73(71)89(77)104)88(80-45-68(109-92(76)80)43-78-86(64(54-102)55-103)72-49-82(97)84(99)51-74(72)90(78)105)94(110-65-33-29-59(30-34-65)23-19-15-11-7-2)111-66-35-31-60(32-36-66)24-20-16-12-8-3/h25-38,40,42-51H,6-24,39,41,56-57H2,1-5H3/b77-42-,78-43-,93-87-. The largest absolute Gasteiger partial charge is 0.289 e. The minimum Gasteiger partial charge on any atom is -0.289 e. The lowest BCUT2D eigenvalue weighted by Gasteiger charge is -2.28. The molecule has 0 bridgehead atoms. The molecule has 0 spiro atoms. The number of aryl methyl sites for hydroxylation is 3. The highest BCUT2D eigenvalue weighted by molar-refractivity contribution is 8.22. The van der Waals surface area contributed by atoms with Crippen LogP contribution in [-0.2, 0) is 25.0 Å². The number of rotatable bonds is 32. The van der Waals surface area contributed by atoms with Crippen LogP contribution < -0.4 is 0 Å². The van der Waals surface area contributed by atoms with Crippen molar-refractivity contribution in [3.05, 3.63) is 276 Å². The number of fused-ring (bicyclic) bond motifs is 8. The zero-order valence-corrected chi connectivity index (χ0v) is 68.2. The Morgan fingerprint density at radius 1 is 0.432 bits per heavy atom. The fourth-order valence-electron chi connectivity index (χ4n) is 15.3. The maximum Gasteiger partial charge on any atom is 0.194 e. The third-order valence-electron chi connectivity index (χ3n) is 21.5. The number of carbonyl (C=O) groups is 2. The van der Waals surface area contributed by atoms with Gasteiger partial charge in [0.1, 0.15) is 35.4 Å². The van der Waals surface area contributed by atoms with Crippen LogP contribution in [0.15, 0.2) is 186 Å². The Kier molecular flexibility index (Phi) is 26.5. The lowest BCUT2D eigenvalue weighted by atomic mass is 9.78. The molecule has 1 unspecified atom stereocenters. The smallest absolute Gasteiger partial charge is 0.194 e. The van der Waals surface area contributed by atoms with Crippen LogP contribution in [0.2, 0.25) is 0 Å². The molecule has 0 N–H and O–H groups in total. The summed E-state index contributed by atoms with van der Waals surface area (Å²) in [6.07, 6.45) is 34.0. The van der Waals surface area contributed by atoms with Gasteiger partial charge in [0.15, 0.2) is 34.8 Å². The maximum absolute atomic E-state index is 15.3.